The van der Waals surface area contributed by atoms with Crippen LogP contribution in [0, 0.1) is 17.8 Å². The number of carbonyl (C=O) groups excluding carboxylic acids is 1. The number of allylic oxidation sites excluding steroid dienone is 1. The third kappa shape index (κ3) is 10.2. The standard InChI is InChI=1S/C44H60N2O8S/c1-5-8-26-52-43(49)46(22-6-2)40-31-38(45-50-4)36-29-32(16-12-14-23-47)35(19-13-15-24-48)41-37-30-33(51-27-28-55-34-17-10-9-11-18-34)20-21-39(37)54-44(40,42(36)41)53-25-7-3/h5,7,9-11,17-18,20-21,29-30,32,35,40-42,47-48H,1,3,6,8,12-16,19,22-28,31H2,2,4H3/t32-,35+,40-,41+,42+,44+/m0/s1. The summed E-state index contributed by atoms with van der Waals surface area (Å²) in [6, 6.07) is 15.7. The fourth-order valence-corrected chi connectivity index (χ4v) is 9.36. The zero-order valence-electron chi connectivity index (χ0n) is 32.6. The molecule has 0 saturated heterocycles. The molecule has 2 aromatic carbocycles. The van der Waals surface area contributed by atoms with E-state index in [-0.39, 0.29) is 50.1 Å². The monoisotopic (exact) mass is 776 g/mol. The molecule has 3 aliphatic rings. The predicted molar refractivity (Wildman–Crippen MR) is 218 cm³/mol. The van der Waals surface area contributed by atoms with Crippen molar-refractivity contribution in [3.05, 3.63) is 91.1 Å². The number of aliphatic hydroxyl groups excluding tert-OH is 2. The van der Waals surface area contributed by atoms with Crippen molar-refractivity contribution >= 4 is 23.6 Å². The number of fused-ring (bicyclic) bond motifs is 2. The zero-order valence-corrected chi connectivity index (χ0v) is 33.4. The second-order valence-corrected chi connectivity index (χ2v) is 15.5. The average molecular weight is 777 g/mol. The van der Waals surface area contributed by atoms with Gasteiger partial charge in [-0.25, -0.2) is 4.79 Å². The summed E-state index contributed by atoms with van der Waals surface area (Å²) in [6.07, 6.45) is 11.7. The van der Waals surface area contributed by atoms with Crippen LogP contribution in [0.5, 0.6) is 11.5 Å². The molecule has 11 heteroatoms. The van der Waals surface area contributed by atoms with Crippen molar-refractivity contribution in [2.75, 3.05) is 52.4 Å². The number of aliphatic hydroxyl groups is 2. The van der Waals surface area contributed by atoms with Gasteiger partial charge < -0.3 is 34.0 Å². The van der Waals surface area contributed by atoms with Gasteiger partial charge in [0.05, 0.1) is 31.5 Å². The maximum atomic E-state index is 14.0. The third-order valence-electron chi connectivity index (χ3n) is 10.8. The van der Waals surface area contributed by atoms with Gasteiger partial charge in [0.15, 0.2) is 0 Å². The van der Waals surface area contributed by atoms with Gasteiger partial charge in [-0.15, -0.1) is 24.9 Å². The number of unbranched alkanes of at least 4 members (excludes halogenated alkanes) is 2. The maximum absolute atomic E-state index is 14.0. The summed E-state index contributed by atoms with van der Waals surface area (Å²) < 4.78 is 26.4. The van der Waals surface area contributed by atoms with Gasteiger partial charge in [-0.3, -0.25) is 4.90 Å². The van der Waals surface area contributed by atoms with Crippen molar-refractivity contribution in [3.63, 3.8) is 0 Å². The van der Waals surface area contributed by atoms with Crippen molar-refractivity contribution in [1.29, 1.82) is 0 Å². The van der Waals surface area contributed by atoms with E-state index in [1.54, 1.807) is 35.9 Å². The van der Waals surface area contributed by atoms with Crippen LogP contribution in [0.2, 0.25) is 0 Å². The molecule has 5 rings (SSSR count). The molecule has 0 aromatic heterocycles. The summed E-state index contributed by atoms with van der Waals surface area (Å²) in [6.45, 7) is 11.4. The van der Waals surface area contributed by atoms with Crippen LogP contribution in [0.15, 0.2) is 95.5 Å². The Morgan fingerprint density at radius 1 is 1.05 bits per heavy atom. The van der Waals surface area contributed by atoms with Crippen molar-refractivity contribution in [2.45, 2.75) is 87.4 Å². The molecule has 6 atom stereocenters. The van der Waals surface area contributed by atoms with E-state index in [0.29, 0.717) is 51.0 Å². The minimum atomic E-state index is -1.32. The van der Waals surface area contributed by atoms with Crippen molar-refractivity contribution in [2.24, 2.45) is 22.9 Å². The summed E-state index contributed by atoms with van der Waals surface area (Å²) in [5.41, 5.74) is 2.77. The van der Waals surface area contributed by atoms with Gasteiger partial charge in [0, 0.05) is 48.3 Å². The smallest absolute Gasteiger partial charge is 0.410 e. The number of hydrogen-bond acceptors (Lipinski definition) is 10. The van der Waals surface area contributed by atoms with Gasteiger partial charge in [0.1, 0.15) is 24.7 Å². The predicted octanol–water partition coefficient (Wildman–Crippen LogP) is 8.55. The van der Waals surface area contributed by atoms with E-state index in [2.05, 4.69) is 42.6 Å². The number of carbonyl (C=O) groups is 1. The molecule has 55 heavy (non-hydrogen) atoms. The Balaban J connectivity index is 1.66. The Labute approximate surface area is 331 Å². The number of amides is 1. The van der Waals surface area contributed by atoms with Crippen LogP contribution < -0.4 is 9.47 Å². The number of nitrogens with zero attached hydrogens (tertiary/aromatic N) is 2. The topological polar surface area (TPSA) is 119 Å². The largest absolute Gasteiger partial charge is 0.493 e. The molecule has 10 nitrogen and oxygen atoms in total. The first-order valence-electron chi connectivity index (χ1n) is 19.9. The van der Waals surface area contributed by atoms with Gasteiger partial charge in [-0.1, -0.05) is 61.3 Å². The van der Waals surface area contributed by atoms with Crippen LogP contribution in [0.25, 0.3) is 0 Å². The molecule has 1 aliphatic heterocycles. The summed E-state index contributed by atoms with van der Waals surface area (Å²) in [5, 5.41) is 24.3. The molecular weight excluding hydrogens is 717 g/mol. The lowest BCUT2D eigenvalue weighted by molar-refractivity contribution is -0.255. The van der Waals surface area contributed by atoms with Gasteiger partial charge in [-0.05, 0) is 86.3 Å². The van der Waals surface area contributed by atoms with E-state index in [4.69, 9.17) is 23.8 Å². The molecule has 2 aliphatic carbocycles. The molecule has 0 spiro atoms. The second-order valence-electron chi connectivity index (χ2n) is 14.4. The Morgan fingerprint density at radius 3 is 2.55 bits per heavy atom. The molecule has 0 bridgehead atoms. The average Bonchev–Trinajstić information content (AvgIpc) is 3.20. The van der Waals surface area contributed by atoms with Gasteiger partial charge in [-0.2, -0.15) is 0 Å². The third-order valence-corrected chi connectivity index (χ3v) is 11.8. The number of benzene rings is 2. The molecule has 1 heterocycles. The van der Waals surface area contributed by atoms with E-state index in [9.17, 15) is 15.0 Å². The van der Waals surface area contributed by atoms with Crippen molar-refractivity contribution < 1.29 is 38.8 Å². The van der Waals surface area contributed by atoms with Crippen LogP contribution >= 0.6 is 11.8 Å². The fraction of sp³-hybridized carbons (Fsp3) is 0.545. The van der Waals surface area contributed by atoms with Crippen molar-refractivity contribution in [3.8, 4) is 11.5 Å². The van der Waals surface area contributed by atoms with Gasteiger partial charge in [0.2, 0.25) is 5.79 Å². The highest BCUT2D eigenvalue weighted by Crippen LogP contribution is 2.62. The molecule has 300 valence electrons. The summed E-state index contributed by atoms with van der Waals surface area (Å²) in [4.78, 5) is 22.5. The number of thioether (sulfide) groups is 1. The van der Waals surface area contributed by atoms with E-state index >= 15 is 0 Å². The zero-order chi connectivity index (χ0) is 39.0. The fourth-order valence-electron chi connectivity index (χ4n) is 8.61. The van der Waals surface area contributed by atoms with E-state index in [1.807, 2.05) is 37.3 Å². The molecule has 1 fully saturated rings. The molecule has 2 N–H and O–H groups in total. The molecule has 2 aromatic rings. The van der Waals surface area contributed by atoms with Crippen LogP contribution in [-0.4, -0.2) is 91.2 Å². The highest BCUT2D eigenvalue weighted by molar-refractivity contribution is 7.99. The minimum absolute atomic E-state index is 0.120. The van der Waals surface area contributed by atoms with Crippen LogP contribution in [0.4, 0.5) is 4.79 Å². The normalized spacial score (nSPS) is 24.5. The van der Waals surface area contributed by atoms with Crippen LogP contribution in [0.1, 0.15) is 76.2 Å². The first kappa shape index (κ1) is 42.4. The SMILES string of the molecule is C=CCCOC(=O)N(CCC)[C@H]1CC(=NOC)C2=C[C@H](CCCCO)[C@@H](CCCCO)[C@@H]3c4cc(OCCSc5ccccc5)ccc4O[C@@]1(OCC=C)[C@H]23. The maximum Gasteiger partial charge on any atom is 0.410 e. The van der Waals surface area contributed by atoms with E-state index in [0.717, 1.165) is 54.0 Å². The summed E-state index contributed by atoms with van der Waals surface area (Å²) >= 11 is 1.75. The van der Waals surface area contributed by atoms with E-state index < -0.39 is 17.9 Å². The number of oxime groups is 1. The lowest BCUT2D eigenvalue weighted by Gasteiger charge is -2.59. The summed E-state index contributed by atoms with van der Waals surface area (Å²) in [5.74, 6) is 0.673. The Kier molecular flexibility index (Phi) is 16.6. The molecule has 0 radical (unpaired) electrons. The lowest BCUT2D eigenvalue weighted by Crippen LogP contribution is -2.70. The van der Waals surface area contributed by atoms with Gasteiger partial charge >= 0.3 is 6.09 Å². The van der Waals surface area contributed by atoms with E-state index in [1.165, 1.54) is 4.90 Å². The first-order valence-corrected chi connectivity index (χ1v) is 20.9. The number of hydrogen-bond donors (Lipinski definition) is 2. The second kappa shape index (κ2) is 21.5. The minimum Gasteiger partial charge on any atom is -0.493 e. The number of ether oxygens (including phenoxy) is 4. The highest BCUT2D eigenvalue weighted by Gasteiger charge is 2.65. The molecule has 1 saturated carbocycles. The molecule has 1 amide bonds. The van der Waals surface area contributed by atoms with Crippen molar-refractivity contribution in [1.82, 2.24) is 4.90 Å². The highest BCUT2D eigenvalue weighted by atomic mass is 32.2. The van der Waals surface area contributed by atoms with Crippen LogP contribution in [0.3, 0.4) is 0 Å². The Hall–Kier alpha value is -3.77. The summed E-state index contributed by atoms with van der Waals surface area (Å²) in [7, 11) is 1.55. The molecule has 0 unspecified atom stereocenters. The van der Waals surface area contributed by atoms with Crippen LogP contribution in [-0.2, 0) is 14.3 Å². The quantitative estimate of drug-likeness (QED) is 0.0496. The Morgan fingerprint density at radius 2 is 1.84 bits per heavy atom. The lowest BCUT2D eigenvalue weighted by atomic mass is 9.55. The Bertz CT molecular complexity index is 1600. The number of rotatable bonds is 23. The first-order chi connectivity index (χ1) is 27.0. The van der Waals surface area contributed by atoms with Gasteiger partial charge in [0.25, 0.3) is 0 Å². The molecular formula is C44H60N2O8S.